The van der Waals surface area contributed by atoms with E-state index >= 15 is 0 Å². The van der Waals surface area contributed by atoms with E-state index in [1.54, 1.807) is 19.1 Å². The minimum absolute atomic E-state index is 0.282. The Labute approximate surface area is 99.9 Å². The van der Waals surface area contributed by atoms with E-state index in [1.165, 1.54) is 6.07 Å². The molecule has 0 heterocycles. The SMILES string of the molecule is CC(=CO)c1ccc(-c2ccccc2)c(F)c1. The summed E-state index contributed by atoms with van der Waals surface area (Å²) in [5, 5.41) is 8.88. The standard InChI is InChI=1S/C15H13FO/c1-11(10-17)13-7-8-14(15(16)9-13)12-5-3-2-4-6-12/h2-10,17H,1H3. The van der Waals surface area contributed by atoms with Gasteiger partial charge < -0.3 is 5.11 Å². The number of aliphatic hydroxyl groups is 1. The summed E-state index contributed by atoms with van der Waals surface area (Å²) in [4.78, 5) is 0. The molecule has 0 amide bonds. The predicted octanol–water partition coefficient (Wildman–Crippen LogP) is 4.41. The number of hydrogen-bond donors (Lipinski definition) is 1. The molecular weight excluding hydrogens is 215 g/mol. The third-order valence-electron chi connectivity index (χ3n) is 2.70. The van der Waals surface area contributed by atoms with Crippen LogP contribution in [0.4, 0.5) is 4.39 Å². The average molecular weight is 228 g/mol. The van der Waals surface area contributed by atoms with Crippen LogP contribution >= 0.6 is 0 Å². The first kappa shape index (κ1) is 11.4. The summed E-state index contributed by atoms with van der Waals surface area (Å²) >= 11 is 0. The molecule has 0 fully saturated rings. The molecule has 0 atom stereocenters. The molecule has 0 aromatic heterocycles. The fraction of sp³-hybridized carbons (Fsp3) is 0.0667. The summed E-state index contributed by atoms with van der Waals surface area (Å²) in [5.41, 5.74) is 2.75. The van der Waals surface area contributed by atoms with Crippen LogP contribution in [0.3, 0.4) is 0 Å². The molecular formula is C15H13FO. The zero-order chi connectivity index (χ0) is 12.3. The molecule has 0 unspecified atom stereocenters. The number of allylic oxidation sites excluding steroid dienone is 1. The number of rotatable bonds is 2. The van der Waals surface area contributed by atoms with Gasteiger partial charge >= 0.3 is 0 Å². The summed E-state index contributed by atoms with van der Waals surface area (Å²) in [6.45, 7) is 1.73. The van der Waals surface area contributed by atoms with Crippen molar-refractivity contribution >= 4 is 5.57 Å². The van der Waals surface area contributed by atoms with Crippen molar-refractivity contribution < 1.29 is 9.50 Å². The highest BCUT2D eigenvalue weighted by Crippen LogP contribution is 2.25. The van der Waals surface area contributed by atoms with Gasteiger partial charge in [0.1, 0.15) is 5.82 Å². The van der Waals surface area contributed by atoms with Gasteiger partial charge in [0.05, 0.1) is 6.26 Å². The topological polar surface area (TPSA) is 20.2 Å². The zero-order valence-corrected chi connectivity index (χ0v) is 9.52. The van der Waals surface area contributed by atoms with Crippen LogP contribution in [0.5, 0.6) is 0 Å². The van der Waals surface area contributed by atoms with Gasteiger partial charge in [0.15, 0.2) is 0 Å². The quantitative estimate of drug-likeness (QED) is 0.755. The molecule has 1 nitrogen and oxygen atoms in total. The van der Waals surface area contributed by atoms with Gasteiger partial charge in [0, 0.05) is 5.56 Å². The lowest BCUT2D eigenvalue weighted by Gasteiger charge is -2.06. The molecule has 2 aromatic rings. The van der Waals surface area contributed by atoms with Crippen LogP contribution in [0.25, 0.3) is 16.7 Å². The third-order valence-corrected chi connectivity index (χ3v) is 2.70. The highest BCUT2D eigenvalue weighted by atomic mass is 19.1. The average Bonchev–Trinajstić information content (AvgIpc) is 2.38. The van der Waals surface area contributed by atoms with Crippen LogP contribution in [0.1, 0.15) is 12.5 Å². The summed E-state index contributed by atoms with van der Waals surface area (Å²) in [5.74, 6) is -0.282. The molecule has 0 radical (unpaired) electrons. The number of aliphatic hydroxyl groups excluding tert-OH is 1. The van der Waals surface area contributed by atoms with Crippen LogP contribution in [0, 0.1) is 5.82 Å². The van der Waals surface area contributed by atoms with Crippen molar-refractivity contribution in [3.05, 3.63) is 66.2 Å². The molecule has 0 aliphatic rings. The van der Waals surface area contributed by atoms with Crippen LogP contribution in [-0.4, -0.2) is 5.11 Å². The lowest BCUT2D eigenvalue weighted by molar-refractivity contribution is 0.475. The molecule has 0 aliphatic heterocycles. The number of halogens is 1. The lowest BCUT2D eigenvalue weighted by atomic mass is 10.0. The number of benzene rings is 2. The van der Waals surface area contributed by atoms with Crippen molar-refractivity contribution in [2.45, 2.75) is 6.92 Å². The van der Waals surface area contributed by atoms with E-state index in [9.17, 15) is 4.39 Å². The largest absolute Gasteiger partial charge is 0.515 e. The van der Waals surface area contributed by atoms with E-state index in [2.05, 4.69) is 0 Å². The Balaban J connectivity index is 2.46. The second-order valence-corrected chi connectivity index (χ2v) is 3.87. The van der Waals surface area contributed by atoms with E-state index in [-0.39, 0.29) is 5.82 Å². The molecule has 0 spiro atoms. The van der Waals surface area contributed by atoms with Crippen LogP contribution < -0.4 is 0 Å². The molecule has 0 saturated heterocycles. The minimum Gasteiger partial charge on any atom is -0.515 e. The van der Waals surface area contributed by atoms with Crippen molar-refractivity contribution in [1.82, 2.24) is 0 Å². The smallest absolute Gasteiger partial charge is 0.131 e. The minimum atomic E-state index is -0.282. The van der Waals surface area contributed by atoms with Crippen LogP contribution in [-0.2, 0) is 0 Å². The first-order chi connectivity index (χ1) is 8.22. The molecule has 0 bridgehead atoms. The maximum atomic E-state index is 13.9. The predicted molar refractivity (Wildman–Crippen MR) is 68.1 cm³/mol. The number of hydrogen-bond acceptors (Lipinski definition) is 1. The second kappa shape index (κ2) is 4.83. The van der Waals surface area contributed by atoms with Gasteiger partial charge in [-0.25, -0.2) is 4.39 Å². The van der Waals surface area contributed by atoms with Gasteiger partial charge in [-0.2, -0.15) is 0 Å². The van der Waals surface area contributed by atoms with E-state index < -0.39 is 0 Å². The van der Waals surface area contributed by atoms with Gasteiger partial charge in [-0.05, 0) is 29.7 Å². The Kier molecular flexibility index (Phi) is 3.24. The van der Waals surface area contributed by atoms with Crippen molar-refractivity contribution in [3.63, 3.8) is 0 Å². The monoisotopic (exact) mass is 228 g/mol. The molecule has 86 valence electrons. The Morgan fingerprint density at radius 1 is 1.12 bits per heavy atom. The maximum Gasteiger partial charge on any atom is 0.131 e. The fourth-order valence-electron chi connectivity index (χ4n) is 1.69. The maximum absolute atomic E-state index is 13.9. The lowest BCUT2D eigenvalue weighted by Crippen LogP contribution is -1.87. The van der Waals surface area contributed by atoms with E-state index in [1.807, 2.05) is 30.3 Å². The molecule has 1 N–H and O–H groups in total. The van der Waals surface area contributed by atoms with Gasteiger partial charge in [-0.1, -0.05) is 42.5 Å². The molecule has 2 heteroatoms. The van der Waals surface area contributed by atoms with Crippen molar-refractivity contribution in [3.8, 4) is 11.1 Å². The summed E-state index contributed by atoms with van der Waals surface area (Å²) in [6, 6.07) is 14.3. The second-order valence-electron chi connectivity index (χ2n) is 3.87. The molecule has 2 aromatic carbocycles. The van der Waals surface area contributed by atoms with Crippen molar-refractivity contribution in [1.29, 1.82) is 0 Å². The first-order valence-electron chi connectivity index (χ1n) is 5.38. The Morgan fingerprint density at radius 3 is 2.41 bits per heavy atom. The normalized spacial score (nSPS) is 11.5. The van der Waals surface area contributed by atoms with Gasteiger partial charge in [-0.15, -0.1) is 0 Å². The van der Waals surface area contributed by atoms with Gasteiger partial charge in [0.25, 0.3) is 0 Å². The molecule has 0 saturated carbocycles. The Morgan fingerprint density at radius 2 is 1.82 bits per heavy atom. The highest BCUT2D eigenvalue weighted by molar-refractivity contribution is 5.69. The zero-order valence-electron chi connectivity index (χ0n) is 9.52. The molecule has 0 aliphatic carbocycles. The van der Waals surface area contributed by atoms with Crippen molar-refractivity contribution in [2.24, 2.45) is 0 Å². The fourth-order valence-corrected chi connectivity index (χ4v) is 1.69. The van der Waals surface area contributed by atoms with Crippen LogP contribution in [0.15, 0.2) is 54.8 Å². The van der Waals surface area contributed by atoms with E-state index in [0.717, 1.165) is 11.8 Å². The Hall–Kier alpha value is -2.09. The van der Waals surface area contributed by atoms with E-state index in [0.29, 0.717) is 16.7 Å². The Bertz CT molecular complexity index is 544. The van der Waals surface area contributed by atoms with Gasteiger partial charge in [-0.3, -0.25) is 0 Å². The summed E-state index contributed by atoms with van der Waals surface area (Å²) in [7, 11) is 0. The van der Waals surface area contributed by atoms with Crippen LogP contribution in [0.2, 0.25) is 0 Å². The first-order valence-corrected chi connectivity index (χ1v) is 5.38. The van der Waals surface area contributed by atoms with Gasteiger partial charge in [0.2, 0.25) is 0 Å². The van der Waals surface area contributed by atoms with E-state index in [4.69, 9.17) is 5.11 Å². The summed E-state index contributed by atoms with van der Waals surface area (Å²) < 4.78 is 13.9. The summed E-state index contributed by atoms with van der Waals surface area (Å²) in [6.07, 6.45) is 0.983. The molecule has 17 heavy (non-hydrogen) atoms. The van der Waals surface area contributed by atoms with Crippen molar-refractivity contribution in [2.75, 3.05) is 0 Å². The highest BCUT2D eigenvalue weighted by Gasteiger charge is 2.06. The third kappa shape index (κ3) is 2.36. The molecule has 2 rings (SSSR count).